The number of benzene rings is 1. The molecule has 0 saturated carbocycles. The third-order valence-corrected chi connectivity index (χ3v) is 5.57. The van der Waals surface area contributed by atoms with E-state index in [0.29, 0.717) is 18.3 Å². The molecular formula is C19H24N6O2. The molecule has 5 rings (SSSR count). The predicted octanol–water partition coefficient (Wildman–Crippen LogP) is 2.47. The zero-order valence-corrected chi connectivity index (χ0v) is 15.4. The van der Waals surface area contributed by atoms with Crippen LogP contribution in [-0.2, 0) is 11.3 Å². The Bertz CT molecular complexity index is 908. The Morgan fingerprint density at radius 2 is 2.04 bits per heavy atom. The van der Waals surface area contributed by atoms with Gasteiger partial charge in [-0.1, -0.05) is 16.8 Å². The average Bonchev–Trinajstić information content (AvgIpc) is 3.47. The van der Waals surface area contributed by atoms with E-state index < -0.39 is 0 Å². The van der Waals surface area contributed by atoms with Gasteiger partial charge < -0.3 is 14.2 Å². The molecule has 2 aliphatic heterocycles. The molecule has 0 bridgehead atoms. The Balaban J connectivity index is 1.32. The molecule has 0 aliphatic carbocycles. The number of rotatable bonds is 5. The van der Waals surface area contributed by atoms with Crippen LogP contribution in [0, 0.1) is 0 Å². The van der Waals surface area contributed by atoms with E-state index in [1.165, 1.54) is 32.4 Å². The first kappa shape index (κ1) is 16.8. The number of ether oxygens (including phenoxy) is 1. The predicted molar refractivity (Wildman–Crippen MR) is 99.3 cm³/mol. The van der Waals surface area contributed by atoms with Crippen LogP contribution >= 0.6 is 0 Å². The molecule has 8 heteroatoms. The first-order valence-corrected chi connectivity index (χ1v) is 9.84. The van der Waals surface area contributed by atoms with Gasteiger partial charge in [-0.05, 0) is 50.6 Å². The lowest BCUT2D eigenvalue weighted by atomic mass is 10.1. The standard InChI is InChI=1S/C19H24N6O2/c1-2-7-24(8-3-1)9-10-25-17-5-4-14(12-16(17)21-23-25)18-20-19(27-22-18)15-6-11-26-13-15/h4-5,12,15H,1-3,6-11,13H2. The monoisotopic (exact) mass is 368 g/mol. The fourth-order valence-electron chi connectivity index (χ4n) is 3.94. The molecule has 142 valence electrons. The van der Waals surface area contributed by atoms with Gasteiger partial charge in [-0.15, -0.1) is 5.10 Å². The van der Waals surface area contributed by atoms with Crippen LogP contribution in [-0.4, -0.2) is 62.9 Å². The van der Waals surface area contributed by atoms with Gasteiger partial charge in [0.1, 0.15) is 5.52 Å². The van der Waals surface area contributed by atoms with Crippen LogP contribution in [0.25, 0.3) is 22.4 Å². The van der Waals surface area contributed by atoms with Gasteiger partial charge in [-0.25, -0.2) is 4.68 Å². The van der Waals surface area contributed by atoms with Gasteiger partial charge in [0.25, 0.3) is 0 Å². The van der Waals surface area contributed by atoms with Crippen LogP contribution in [0.2, 0.25) is 0 Å². The summed E-state index contributed by atoms with van der Waals surface area (Å²) >= 11 is 0. The molecule has 2 aliphatic rings. The summed E-state index contributed by atoms with van der Waals surface area (Å²) < 4.78 is 12.8. The molecule has 1 aromatic carbocycles. The van der Waals surface area contributed by atoms with Crippen molar-refractivity contribution < 1.29 is 9.26 Å². The van der Waals surface area contributed by atoms with E-state index in [1.54, 1.807) is 0 Å². The highest BCUT2D eigenvalue weighted by atomic mass is 16.5. The van der Waals surface area contributed by atoms with Gasteiger partial charge in [-0.3, -0.25) is 0 Å². The summed E-state index contributed by atoms with van der Waals surface area (Å²) in [5.41, 5.74) is 2.81. The van der Waals surface area contributed by atoms with Crippen LogP contribution in [0.5, 0.6) is 0 Å². The SMILES string of the molecule is c1cc2c(cc1-c1noc(C3CCOC3)n1)nnn2CCN1CCCCC1. The highest BCUT2D eigenvalue weighted by molar-refractivity contribution is 5.79. The van der Waals surface area contributed by atoms with Gasteiger partial charge in [-0.2, -0.15) is 4.98 Å². The summed E-state index contributed by atoms with van der Waals surface area (Å²) in [5.74, 6) is 1.47. The Hall–Kier alpha value is -2.32. The molecule has 8 nitrogen and oxygen atoms in total. The number of nitrogens with zero attached hydrogens (tertiary/aromatic N) is 6. The third kappa shape index (κ3) is 3.46. The lowest BCUT2D eigenvalue weighted by Gasteiger charge is -2.26. The molecule has 27 heavy (non-hydrogen) atoms. The van der Waals surface area contributed by atoms with Crippen LogP contribution in [0.1, 0.15) is 37.5 Å². The molecule has 3 aromatic rings. The van der Waals surface area contributed by atoms with E-state index in [1.807, 2.05) is 16.8 Å². The molecule has 1 unspecified atom stereocenters. The molecule has 0 amide bonds. The first-order chi connectivity index (χ1) is 13.4. The molecule has 2 fully saturated rings. The van der Waals surface area contributed by atoms with Crippen molar-refractivity contribution in [1.82, 2.24) is 30.0 Å². The minimum absolute atomic E-state index is 0.214. The number of fused-ring (bicyclic) bond motifs is 1. The topological polar surface area (TPSA) is 82.1 Å². The summed E-state index contributed by atoms with van der Waals surface area (Å²) in [7, 11) is 0. The van der Waals surface area contributed by atoms with Gasteiger partial charge in [0.05, 0.1) is 24.6 Å². The van der Waals surface area contributed by atoms with E-state index in [4.69, 9.17) is 9.26 Å². The lowest BCUT2D eigenvalue weighted by Crippen LogP contribution is -2.32. The van der Waals surface area contributed by atoms with E-state index in [9.17, 15) is 0 Å². The Morgan fingerprint density at radius 1 is 1.11 bits per heavy atom. The number of hydrogen-bond acceptors (Lipinski definition) is 7. The molecule has 4 heterocycles. The van der Waals surface area contributed by atoms with E-state index >= 15 is 0 Å². The van der Waals surface area contributed by atoms with Crippen molar-refractivity contribution in [3.8, 4) is 11.4 Å². The second-order valence-corrected chi connectivity index (χ2v) is 7.44. The highest BCUT2D eigenvalue weighted by Gasteiger charge is 2.24. The molecule has 0 N–H and O–H groups in total. The second kappa shape index (κ2) is 7.36. The Kier molecular flexibility index (Phi) is 4.59. The maximum atomic E-state index is 5.44. The normalized spacial score (nSPS) is 21.3. The van der Waals surface area contributed by atoms with Crippen molar-refractivity contribution in [3.63, 3.8) is 0 Å². The molecular weight excluding hydrogens is 344 g/mol. The first-order valence-electron chi connectivity index (χ1n) is 9.84. The fraction of sp³-hybridized carbons (Fsp3) is 0.579. The second-order valence-electron chi connectivity index (χ2n) is 7.44. The van der Waals surface area contributed by atoms with E-state index in [0.717, 1.165) is 42.7 Å². The number of piperidine rings is 1. The summed E-state index contributed by atoms with van der Waals surface area (Å²) in [4.78, 5) is 7.07. The number of aromatic nitrogens is 5. The summed E-state index contributed by atoms with van der Waals surface area (Å²) in [6.45, 7) is 5.70. The van der Waals surface area contributed by atoms with Gasteiger partial charge in [0.2, 0.25) is 11.7 Å². The lowest BCUT2D eigenvalue weighted by molar-refractivity contribution is 0.189. The Labute approximate surface area is 157 Å². The van der Waals surface area contributed by atoms with Crippen molar-refractivity contribution in [3.05, 3.63) is 24.1 Å². The maximum Gasteiger partial charge on any atom is 0.232 e. The van der Waals surface area contributed by atoms with Crippen molar-refractivity contribution in [2.75, 3.05) is 32.8 Å². The Morgan fingerprint density at radius 3 is 2.89 bits per heavy atom. The van der Waals surface area contributed by atoms with Gasteiger partial charge >= 0.3 is 0 Å². The largest absolute Gasteiger partial charge is 0.381 e. The van der Waals surface area contributed by atoms with Crippen molar-refractivity contribution in [2.45, 2.75) is 38.1 Å². The highest BCUT2D eigenvalue weighted by Crippen LogP contribution is 2.27. The van der Waals surface area contributed by atoms with Crippen molar-refractivity contribution in [1.29, 1.82) is 0 Å². The molecule has 1 atom stereocenters. The van der Waals surface area contributed by atoms with E-state index in [-0.39, 0.29) is 5.92 Å². The summed E-state index contributed by atoms with van der Waals surface area (Å²) in [6, 6.07) is 6.05. The van der Waals surface area contributed by atoms with Crippen LogP contribution in [0.3, 0.4) is 0 Å². The summed E-state index contributed by atoms with van der Waals surface area (Å²) in [5, 5.41) is 12.8. The zero-order chi connectivity index (χ0) is 18.1. The molecule has 0 radical (unpaired) electrons. The third-order valence-electron chi connectivity index (χ3n) is 5.57. The number of hydrogen-bond donors (Lipinski definition) is 0. The van der Waals surface area contributed by atoms with Crippen LogP contribution in [0.4, 0.5) is 0 Å². The average molecular weight is 368 g/mol. The fourth-order valence-corrected chi connectivity index (χ4v) is 3.94. The smallest absolute Gasteiger partial charge is 0.232 e. The van der Waals surface area contributed by atoms with Crippen LogP contribution in [0.15, 0.2) is 22.7 Å². The van der Waals surface area contributed by atoms with Crippen molar-refractivity contribution >= 4 is 11.0 Å². The van der Waals surface area contributed by atoms with Gasteiger partial charge in [0, 0.05) is 18.7 Å². The molecule has 0 spiro atoms. The summed E-state index contributed by atoms with van der Waals surface area (Å²) in [6.07, 6.45) is 4.91. The number of likely N-dealkylation sites (tertiary alicyclic amines) is 1. The minimum atomic E-state index is 0.214. The zero-order valence-electron chi connectivity index (χ0n) is 15.4. The molecule has 2 saturated heterocycles. The van der Waals surface area contributed by atoms with Gasteiger partial charge in [0.15, 0.2) is 0 Å². The van der Waals surface area contributed by atoms with Crippen LogP contribution < -0.4 is 0 Å². The maximum absolute atomic E-state index is 5.44. The van der Waals surface area contributed by atoms with E-state index in [2.05, 4.69) is 31.4 Å². The quantitative estimate of drug-likeness (QED) is 0.684. The van der Waals surface area contributed by atoms with Crippen molar-refractivity contribution in [2.24, 2.45) is 0 Å². The minimum Gasteiger partial charge on any atom is -0.381 e. The molecule has 2 aromatic heterocycles.